The van der Waals surface area contributed by atoms with Gasteiger partial charge in [-0.25, -0.2) is 0 Å². The highest BCUT2D eigenvalue weighted by Gasteiger charge is 2.15. The Labute approximate surface area is 146 Å². The number of hydrogen-bond acceptors (Lipinski definition) is 2. The minimum absolute atomic E-state index is 0.408. The van der Waals surface area contributed by atoms with Crippen molar-refractivity contribution in [2.75, 3.05) is 0 Å². The van der Waals surface area contributed by atoms with Crippen molar-refractivity contribution < 1.29 is 9.21 Å². The van der Waals surface area contributed by atoms with Crippen molar-refractivity contribution >= 4 is 33.2 Å². The monoisotopic (exact) mass is 374 g/mol. The van der Waals surface area contributed by atoms with Crippen molar-refractivity contribution in [3.8, 4) is 0 Å². The van der Waals surface area contributed by atoms with Crippen molar-refractivity contribution in [3.05, 3.63) is 69.9 Å². The molecule has 2 nitrogen and oxygen atoms in total. The van der Waals surface area contributed by atoms with Crippen LogP contribution in [-0.2, 0) is 6.42 Å². The van der Waals surface area contributed by atoms with Gasteiger partial charge in [0.05, 0.1) is 4.47 Å². The van der Waals surface area contributed by atoms with Gasteiger partial charge in [-0.05, 0) is 27.6 Å². The van der Waals surface area contributed by atoms with Gasteiger partial charge in [0.1, 0.15) is 5.58 Å². The summed E-state index contributed by atoms with van der Waals surface area (Å²) in [5, 5.41) is 0.986. The van der Waals surface area contributed by atoms with Crippen molar-refractivity contribution in [1.82, 2.24) is 0 Å². The largest absolute Gasteiger partial charge is 0.452 e. The van der Waals surface area contributed by atoms with Gasteiger partial charge in [-0.3, -0.25) is 4.79 Å². The molecule has 3 rings (SSSR count). The Hall–Kier alpha value is -1.87. The first-order chi connectivity index (χ1) is 11.3. The van der Waals surface area contributed by atoms with Gasteiger partial charge >= 0.3 is 0 Å². The lowest BCUT2D eigenvalue weighted by molar-refractivity contribution is 0.110. The molecule has 0 aliphatic heterocycles. The Morgan fingerprint density at radius 2 is 1.61 bits per heavy atom. The lowest BCUT2D eigenvalue weighted by Gasteiger charge is -2.00. The van der Waals surface area contributed by atoms with E-state index in [4.69, 9.17) is 4.42 Å². The Morgan fingerprint density at radius 1 is 0.957 bits per heavy atom. The number of carbonyl (C=O) groups excluding carboxylic acids is 1. The van der Waals surface area contributed by atoms with E-state index in [1.54, 1.807) is 0 Å². The predicted octanol–water partition coefficient (Wildman–Crippen LogP) is 6.65. The van der Waals surface area contributed by atoms with Crippen LogP contribution in [0.15, 0.2) is 57.4 Å². The number of para-hydroxylation sites is 1. The SMILES string of the molecule is CC.CC.O=Cc1oc2c(Br)cccc2c1Cc1ccccc1. The zero-order valence-electron chi connectivity index (χ0n) is 14.1. The second-order valence-electron chi connectivity index (χ2n) is 4.34. The molecular formula is C20H23BrO2. The Bertz CT molecular complexity index is 730. The van der Waals surface area contributed by atoms with Crippen LogP contribution < -0.4 is 0 Å². The molecule has 3 aromatic rings. The molecule has 1 aromatic heterocycles. The molecule has 0 fully saturated rings. The van der Waals surface area contributed by atoms with Gasteiger partial charge in [0.2, 0.25) is 0 Å². The van der Waals surface area contributed by atoms with E-state index in [2.05, 4.69) is 15.9 Å². The Morgan fingerprint density at radius 3 is 2.22 bits per heavy atom. The van der Waals surface area contributed by atoms with Gasteiger partial charge < -0.3 is 4.42 Å². The number of halogens is 1. The van der Waals surface area contributed by atoms with Crippen LogP contribution in [0.5, 0.6) is 0 Å². The first-order valence-corrected chi connectivity index (χ1v) is 8.78. The number of furan rings is 1. The number of rotatable bonds is 3. The number of fused-ring (bicyclic) bond motifs is 1. The molecular weight excluding hydrogens is 352 g/mol. The minimum Gasteiger partial charge on any atom is -0.452 e. The van der Waals surface area contributed by atoms with Gasteiger partial charge in [0.15, 0.2) is 12.0 Å². The third-order valence-electron chi connectivity index (χ3n) is 3.13. The summed E-state index contributed by atoms with van der Waals surface area (Å²) in [7, 11) is 0. The molecule has 0 bridgehead atoms. The van der Waals surface area contributed by atoms with Crippen LogP contribution in [0.1, 0.15) is 49.4 Å². The molecule has 2 aromatic carbocycles. The molecule has 0 radical (unpaired) electrons. The standard InChI is InChI=1S/C16H11BrO2.2C2H6/c17-14-8-4-7-12-13(15(10-18)19-16(12)14)9-11-5-2-1-3-6-11;2*1-2/h1-8,10H,9H2;2*1-2H3. The summed E-state index contributed by atoms with van der Waals surface area (Å²) in [5.74, 6) is 0.408. The van der Waals surface area contributed by atoms with Gasteiger partial charge in [0, 0.05) is 17.4 Å². The lowest BCUT2D eigenvalue weighted by Crippen LogP contribution is -1.90. The van der Waals surface area contributed by atoms with Crippen molar-refractivity contribution in [1.29, 1.82) is 0 Å². The Kier molecular flexibility index (Phi) is 8.35. The van der Waals surface area contributed by atoms with Crippen molar-refractivity contribution in [2.45, 2.75) is 34.1 Å². The molecule has 0 N–H and O–H groups in total. The summed E-state index contributed by atoms with van der Waals surface area (Å²) in [6, 6.07) is 15.9. The minimum atomic E-state index is 0.408. The molecule has 0 saturated carbocycles. The molecule has 23 heavy (non-hydrogen) atoms. The fourth-order valence-corrected chi connectivity index (χ4v) is 2.68. The van der Waals surface area contributed by atoms with Gasteiger partial charge in [0.25, 0.3) is 0 Å². The summed E-state index contributed by atoms with van der Waals surface area (Å²) in [6.07, 6.45) is 1.48. The number of aldehydes is 1. The van der Waals surface area contributed by atoms with E-state index < -0.39 is 0 Å². The van der Waals surface area contributed by atoms with Crippen LogP contribution in [0.2, 0.25) is 0 Å². The third kappa shape index (κ3) is 4.55. The highest BCUT2D eigenvalue weighted by Crippen LogP contribution is 2.32. The van der Waals surface area contributed by atoms with Gasteiger partial charge in [-0.2, -0.15) is 0 Å². The molecule has 122 valence electrons. The summed E-state index contributed by atoms with van der Waals surface area (Å²) < 4.78 is 6.50. The fourth-order valence-electron chi connectivity index (χ4n) is 2.23. The zero-order valence-corrected chi connectivity index (χ0v) is 15.7. The van der Waals surface area contributed by atoms with Gasteiger partial charge in [-0.1, -0.05) is 70.2 Å². The predicted molar refractivity (Wildman–Crippen MR) is 101 cm³/mol. The lowest BCUT2D eigenvalue weighted by atomic mass is 10.0. The number of carbonyl (C=O) groups is 1. The van der Waals surface area contributed by atoms with E-state index in [0.717, 1.165) is 32.9 Å². The van der Waals surface area contributed by atoms with Crippen LogP contribution >= 0.6 is 15.9 Å². The molecule has 0 spiro atoms. The molecule has 0 saturated heterocycles. The maximum atomic E-state index is 11.2. The van der Waals surface area contributed by atoms with Crippen LogP contribution in [0.3, 0.4) is 0 Å². The third-order valence-corrected chi connectivity index (χ3v) is 3.76. The molecule has 0 unspecified atom stereocenters. The van der Waals surface area contributed by atoms with E-state index in [1.165, 1.54) is 0 Å². The number of hydrogen-bond donors (Lipinski definition) is 0. The van der Waals surface area contributed by atoms with E-state index in [0.29, 0.717) is 12.2 Å². The second-order valence-corrected chi connectivity index (χ2v) is 5.20. The summed E-state index contributed by atoms with van der Waals surface area (Å²) in [6.45, 7) is 8.00. The van der Waals surface area contributed by atoms with Crippen LogP contribution in [0.25, 0.3) is 11.0 Å². The molecule has 0 aliphatic rings. The highest BCUT2D eigenvalue weighted by molar-refractivity contribution is 9.10. The molecule has 0 atom stereocenters. The maximum absolute atomic E-state index is 11.2. The van der Waals surface area contributed by atoms with E-state index >= 15 is 0 Å². The van der Waals surface area contributed by atoms with Gasteiger partial charge in [-0.15, -0.1) is 0 Å². The van der Waals surface area contributed by atoms with Crippen molar-refractivity contribution in [3.63, 3.8) is 0 Å². The topological polar surface area (TPSA) is 30.2 Å². The van der Waals surface area contributed by atoms with Crippen molar-refractivity contribution in [2.24, 2.45) is 0 Å². The first kappa shape index (κ1) is 19.2. The quantitative estimate of drug-likeness (QED) is 0.480. The molecule has 3 heteroatoms. The zero-order chi connectivity index (χ0) is 17.2. The van der Waals surface area contributed by atoms with E-state index in [1.807, 2.05) is 76.2 Å². The van der Waals surface area contributed by atoms with E-state index in [9.17, 15) is 4.79 Å². The van der Waals surface area contributed by atoms with E-state index in [-0.39, 0.29) is 0 Å². The Balaban J connectivity index is 0.000000615. The molecule has 0 aliphatic carbocycles. The first-order valence-electron chi connectivity index (χ1n) is 7.98. The smallest absolute Gasteiger partial charge is 0.185 e. The average molecular weight is 375 g/mol. The summed E-state index contributed by atoms with van der Waals surface area (Å²) >= 11 is 3.45. The fraction of sp³-hybridized carbons (Fsp3) is 0.250. The van der Waals surface area contributed by atoms with Crippen LogP contribution in [0.4, 0.5) is 0 Å². The normalized spacial score (nSPS) is 9.43. The summed E-state index contributed by atoms with van der Waals surface area (Å²) in [4.78, 5) is 11.2. The number of benzene rings is 2. The second kappa shape index (κ2) is 10.0. The van der Waals surface area contributed by atoms with Crippen LogP contribution in [0, 0.1) is 0 Å². The average Bonchev–Trinajstić information content (AvgIpc) is 2.99. The molecule has 1 heterocycles. The van der Waals surface area contributed by atoms with Crippen LogP contribution in [-0.4, -0.2) is 6.29 Å². The molecule has 0 amide bonds. The maximum Gasteiger partial charge on any atom is 0.185 e. The highest BCUT2D eigenvalue weighted by atomic mass is 79.9. The summed E-state index contributed by atoms with van der Waals surface area (Å²) in [5.41, 5.74) is 2.83.